The Morgan fingerprint density at radius 3 is 2.85 bits per heavy atom. The quantitative estimate of drug-likeness (QED) is 0.705. The molecule has 0 aliphatic carbocycles. The van der Waals surface area contributed by atoms with Crippen molar-refractivity contribution in [2.24, 2.45) is 0 Å². The first-order valence-electron chi connectivity index (χ1n) is 9.13. The Balaban J connectivity index is 1.60. The van der Waals surface area contributed by atoms with Crippen LogP contribution in [0, 0.1) is 0 Å². The average Bonchev–Trinajstić information content (AvgIpc) is 3.25. The van der Waals surface area contributed by atoms with Crippen LogP contribution in [-0.4, -0.2) is 61.6 Å². The van der Waals surface area contributed by atoms with Gasteiger partial charge in [-0.15, -0.1) is 0 Å². The van der Waals surface area contributed by atoms with Crippen LogP contribution < -0.4 is 5.73 Å². The van der Waals surface area contributed by atoms with Crippen molar-refractivity contribution in [3.05, 3.63) is 12.7 Å². The summed E-state index contributed by atoms with van der Waals surface area (Å²) in [6.07, 6.45) is 1.96. The van der Waals surface area contributed by atoms with Crippen molar-refractivity contribution >= 4 is 17.0 Å². The zero-order valence-electron chi connectivity index (χ0n) is 15.6. The highest BCUT2D eigenvalue weighted by atomic mass is 16.8. The van der Waals surface area contributed by atoms with Crippen molar-refractivity contribution in [1.82, 2.24) is 19.5 Å². The molecule has 10 nitrogen and oxygen atoms in total. The predicted octanol–water partition coefficient (Wildman–Crippen LogP) is 0.961. The third kappa shape index (κ3) is 3.39. The van der Waals surface area contributed by atoms with Crippen molar-refractivity contribution in [3.8, 4) is 0 Å². The van der Waals surface area contributed by atoms with Gasteiger partial charge in [0.2, 0.25) is 0 Å². The topological polar surface area (TPSA) is 127 Å². The molecule has 10 heteroatoms. The van der Waals surface area contributed by atoms with Gasteiger partial charge in [-0.05, 0) is 20.3 Å². The molecule has 2 saturated heterocycles. The Kier molecular flexibility index (Phi) is 4.77. The molecule has 2 aromatic rings. The lowest BCUT2D eigenvalue weighted by molar-refractivity contribution is -0.210. The highest BCUT2D eigenvalue weighted by molar-refractivity contribution is 5.81. The summed E-state index contributed by atoms with van der Waals surface area (Å²) in [7, 11) is 0. The maximum Gasteiger partial charge on any atom is 0.167 e. The Morgan fingerprint density at radius 2 is 2.07 bits per heavy atom. The summed E-state index contributed by atoms with van der Waals surface area (Å²) >= 11 is 0. The van der Waals surface area contributed by atoms with Crippen LogP contribution in [0.15, 0.2) is 12.7 Å². The molecule has 2 aromatic heterocycles. The summed E-state index contributed by atoms with van der Waals surface area (Å²) in [5.74, 6) is -0.443. The minimum atomic E-state index is -0.826. The Morgan fingerprint density at radius 1 is 1.30 bits per heavy atom. The van der Waals surface area contributed by atoms with E-state index in [1.54, 1.807) is 10.9 Å². The zero-order valence-corrected chi connectivity index (χ0v) is 15.6. The summed E-state index contributed by atoms with van der Waals surface area (Å²) in [6, 6.07) is 0. The molecule has 0 aromatic carbocycles. The first-order chi connectivity index (χ1) is 12.9. The molecule has 2 aliphatic rings. The molecule has 4 rings (SSSR count). The maximum absolute atomic E-state index is 9.88. The van der Waals surface area contributed by atoms with Crippen molar-refractivity contribution in [3.63, 3.8) is 0 Å². The number of hydrogen-bond acceptors (Lipinski definition) is 9. The highest BCUT2D eigenvalue weighted by Gasteiger charge is 2.56. The summed E-state index contributed by atoms with van der Waals surface area (Å²) < 4.78 is 25.6. The number of nitrogen functional groups attached to an aromatic ring is 1. The number of nitrogens with zero attached hydrogens (tertiary/aromatic N) is 4. The number of rotatable bonds is 6. The van der Waals surface area contributed by atoms with Gasteiger partial charge in [-0.2, -0.15) is 0 Å². The fourth-order valence-electron chi connectivity index (χ4n) is 3.61. The lowest BCUT2D eigenvalue weighted by atomic mass is 10.1. The van der Waals surface area contributed by atoms with Crippen LogP contribution in [0.3, 0.4) is 0 Å². The Bertz CT molecular complexity index is 812. The summed E-state index contributed by atoms with van der Waals surface area (Å²) in [5, 5.41) is 9.88. The molecule has 3 N–H and O–H groups in total. The van der Waals surface area contributed by atoms with E-state index in [-0.39, 0.29) is 18.8 Å². The van der Waals surface area contributed by atoms with Crippen molar-refractivity contribution in [1.29, 1.82) is 0 Å². The largest absolute Gasteiger partial charge is 0.382 e. The number of hydrogen-bond donors (Lipinski definition) is 2. The number of aliphatic hydroxyl groups is 1. The molecule has 0 radical (unpaired) electrons. The first-order valence-corrected chi connectivity index (χ1v) is 9.13. The zero-order chi connectivity index (χ0) is 19.2. The van der Waals surface area contributed by atoms with Gasteiger partial charge in [-0.1, -0.05) is 13.3 Å². The second-order valence-corrected chi connectivity index (χ2v) is 7.29. The van der Waals surface area contributed by atoms with E-state index in [0.29, 0.717) is 23.4 Å². The predicted molar refractivity (Wildman–Crippen MR) is 94.3 cm³/mol. The second-order valence-electron chi connectivity index (χ2n) is 7.29. The summed E-state index contributed by atoms with van der Waals surface area (Å²) in [5.41, 5.74) is 6.95. The van der Waals surface area contributed by atoms with Gasteiger partial charge in [0, 0.05) is 0 Å². The lowest BCUT2D eigenvalue weighted by Crippen LogP contribution is -2.34. The number of aliphatic hydroxyl groups excluding tert-OH is 1. The van der Waals surface area contributed by atoms with Crippen molar-refractivity contribution < 1.29 is 24.1 Å². The third-order valence-corrected chi connectivity index (χ3v) is 4.78. The van der Waals surface area contributed by atoms with Gasteiger partial charge in [0.1, 0.15) is 30.2 Å². The number of fused-ring (bicyclic) bond motifs is 2. The SMILES string of the molecule is CCCC(O)OCC1OC(n2cnc3c(N)ncnc32)C2OC(C)(C)OC12. The van der Waals surface area contributed by atoms with E-state index < -0.39 is 24.4 Å². The van der Waals surface area contributed by atoms with E-state index in [9.17, 15) is 5.11 Å². The van der Waals surface area contributed by atoms with Crippen molar-refractivity contribution in [2.75, 3.05) is 12.3 Å². The fourth-order valence-corrected chi connectivity index (χ4v) is 3.61. The van der Waals surface area contributed by atoms with Gasteiger partial charge in [0.15, 0.2) is 29.8 Å². The average molecular weight is 379 g/mol. The van der Waals surface area contributed by atoms with Crippen LogP contribution in [0.2, 0.25) is 0 Å². The van der Waals surface area contributed by atoms with Crippen LogP contribution in [0.5, 0.6) is 0 Å². The van der Waals surface area contributed by atoms with Crippen LogP contribution in [0.25, 0.3) is 11.2 Å². The molecular formula is C17H25N5O5. The molecule has 0 saturated carbocycles. The van der Waals surface area contributed by atoms with Gasteiger partial charge < -0.3 is 29.8 Å². The lowest BCUT2D eigenvalue weighted by Gasteiger charge is -2.25. The molecule has 27 heavy (non-hydrogen) atoms. The van der Waals surface area contributed by atoms with Gasteiger partial charge in [-0.3, -0.25) is 4.57 Å². The van der Waals surface area contributed by atoms with Crippen LogP contribution in [0.4, 0.5) is 5.82 Å². The minimum Gasteiger partial charge on any atom is -0.382 e. The van der Waals surface area contributed by atoms with E-state index in [1.165, 1.54) is 6.33 Å². The monoisotopic (exact) mass is 379 g/mol. The number of ether oxygens (including phenoxy) is 4. The number of aromatic nitrogens is 4. The molecule has 2 aliphatic heterocycles. The molecule has 2 fully saturated rings. The number of imidazole rings is 1. The summed E-state index contributed by atoms with van der Waals surface area (Å²) in [6.45, 7) is 5.90. The van der Waals surface area contributed by atoms with Crippen LogP contribution in [0.1, 0.15) is 39.8 Å². The molecule has 4 heterocycles. The Labute approximate surface area is 156 Å². The molecular weight excluding hydrogens is 354 g/mol. The van der Waals surface area contributed by atoms with E-state index in [4.69, 9.17) is 24.7 Å². The smallest absolute Gasteiger partial charge is 0.167 e. The third-order valence-electron chi connectivity index (χ3n) is 4.78. The second kappa shape index (κ2) is 6.95. The van der Waals surface area contributed by atoms with E-state index in [0.717, 1.165) is 6.42 Å². The van der Waals surface area contributed by atoms with Crippen molar-refractivity contribution in [2.45, 2.75) is 70.2 Å². The molecule has 0 amide bonds. The van der Waals surface area contributed by atoms with Gasteiger partial charge >= 0.3 is 0 Å². The van der Waals surface area contributed by atoms with Gasteiger partial charge in [-0.25, -0.2) is 15.0 Å². The number of anilines is 1. The van der Waals surface area contributed by atoms with Crippen LogP contribution in [-0.2, 0) is 18.9 Å². The van der Waals surface area contributed by atoms with Crippen LogP contribution >= 0.6 is 0 Å². The summed E-state index contributed by atoms with van der Waals surface area (Å²) in [4.78, 5) is 12.5. The molecule has 0 bridgehead atoms. The minimum absolute atomic E-state index is 0.196. The van der Waals surface area contributed by atoms with E-state index in [1.807, 2.05) is 20.8 Å². The first kappa shape index (κ1) is 18.5. The number of nitrogens with two attached hydrogens (primary N) is 1. The molecule has 148 valence electrons. The standard InChI is InChI=1S/C17H25N5O5/c1-4-5-10(23)24-6-9-12-13(27-17(2,3)26-12)16(25-9)22-8-21-11-14(18)19-7-20-15(11)22/h7-10,12-13,16,23H,4-6H2,1-3H3,(H2,18,19,20). The maximum atomic E-state index is 9.88. The molecule has 5 unspecified atom stereocenters. The highest BCUT2D eigenvalue weighted by Crippen LogP contribution is 2.43. The molecule has 5 atom stereocenters. The van der Waals surface area contributed by atoms with E-state index in [2.05, 4.69) is 15.0 Å². The normalized spacial score (nSPS) is 30.7. The fraction of sp³-hybridized carbons (Fsp3) is 0.706. The van der Waals surface area contributed by atoms with Gasteiger partial charge in [0.25, 0.3) is 0 Å². The Hall–Kier alpha value is -1.85. The molecule has 0 spiro atoms. The van der Waals surface area contributed by atoms with E-state index >= 15 is 0 Å². The van der Waals surface area contributed by atoms with Gasteiger partial charge in [0.05, 0.1) is 12.9 Å².